The molecule has 1 aromatic heterocycles. The molecule has 1 rings (SSSR count). The van der Waals surface area contributed by atoms with Crippen LogP contribution in [0.5, 0.6) is 0 Å². The van der Waals surface area contributed by atoms with Gasteiger partial charge in [0.25, 0.3) is 0 Å². The van der Waals surface area contributed by atoms with Crippen LogP contribution in [0.25, 0.3) is 10.4 Å². The number of hydrogen-bond donors (Lipinski definition) is 2. The van der Waals surface area contributed by atoms with Gasteiger partial charge >= 0.3 is 0 Å². The predicted octanol–water partition coefficient (Wildman–Crippen LogP) is 1.48. The third-order valence-electron chi connectivity index (χ3n) is 2.21. The van der Waals surface area contributed by atoms with E-state index in [1.165, 1.54) is 0 Å². The zero-order valence-corrected chi connectivity index (χ0v) is 8.98. The van der Waals surface area contributed by atoms with Gasteiger partial charge in [-0.05, 0) is 36.6 Å². The van der Waals surface area contributed by atoms with E-state index < -0.39 is 12.2 Å². The summed E-state index contributed by atoms with van der Waals surface area (Å²) in [5.41, 5.74) is 9.47. The van der Waals surface area contributed by atoms with Gasteiger partial charge < -0.3 is 10.2 Å². The molecule has 2 unspecified atom stereocenters. The van der Waals surface area contributed by atoms with Crippen LogP contribution in [-0.2, 0) is 0 Å². The Hall–Kier alpha value is -1.62. The van der Waals surface area contributed by atoms with E-state index >= 15 is 0 Å². The maximum Gasteiger partial charge on any atom is 0.105 e. The van der Waals surface area contributed by atoms with Crippen molar-refractivity contribution in [2.24, 2.45) is 5.11 Å². The fourth-order valence-corrected chi connectivity index (χ4v) is 1.37. The van der Waals surface area contributed by atoms with E-state index in [0.29, 0.717) is 5.56 Å². The number of nitrogens with zero attached hydrogens (tertiary/aromatic N) is 4. The normalized spacial score (nSPS) is 13.9. The standard InChI is InChI=1S/C10H14N4O2/c1-7-6-8(2-4-12-7)10(16)9(15)3-5-13-14-11/h2,4,6,9-10,15-16H,3,5H2,1H3. The lowest BCUT2D eigenvalue weighted by Gasteiger charge is -2.17. The second-order valence-corrected chi connectivity index (χ2v) is 3.49. The van der Waals surface area contributed by atoms with E-state index in [1.54, 1.807) is 18.3 Å². The van der Waals surface area contributed by atoms with Crippen molar-refractivity contribution in [1.29, 1.82) is 0 Å². The second-order valence-electron chi connectivity index (χ2n) is 3.49. The fourth-order valence-electron chi connectivity index (χ4n) is 1.37. The average Bonchev–Trinajstić information content (AvgIpc) is 2.28. The average molecular weight is 222 g/mol. The third-order valence-corrected chi connectivity index (χ3v) is 2.21. The molecule has 0 aliphatic heterocycles. The van der Waals surface area contributed by atoms with Gasteiger partial charge in [-0.3, -0.25) is 4.98 Å². The summed E-state index contributed by atoms with van der Waals surface area (Å²) >= 11 is 0. The minimum atomic E-state index is -0.976. The summed E-state index contributed by atoms with van der Waals surface area (Å²) in [6.07, 6.45) is -0.108. The van der Waals surface area contributed by atoms with E-state index in [-0.39, 0.29) is 13.0 Å². The van der Waals surface area contributed by atoms with Crippen LogP contribution in [0.15, 0.2) is 23.4 Å². The molecule has 2 N–H and O–H groups in total. The molecule has 1 aromatic rings. The first kappa shape index (κ1) is 12.4. The fraction of sp³-hybridized carbons (Fsp3) is 0.500. The molecule has 0 radical (unpaired) electrons. The number of aliphatic hydroxyl groups is 2. The van der Waals surface area contributed by atoms with Gasteiger partial charge in [0.1, 0.15) is 6.10 Å². The van der Waals surface area contributed by atoms with Crippen molar-refractivity contribution in [2.75, 3.05) is 6.54 Å². The molecule has 0 fully saturated rings. The third kappa shape index (κ3) is 3.51. The van der Waals surface area contributed by atoms with E-state index in [2.05, 4.69) is 15.0 Å². The molecule has 6 heteroatoms. The first-order valence-electron chi connectivity index (χ1n) is 4.94. The van der Waals surface area contributed by atoms with Crippen molar-refractivity contribution in [1.82, 2.24) is 4.98 Å². The van der Waals surface area contributed by atoms with E-state index in [9.17, 15) is 10.2 Å². The second kappa shape index (κ2) is 6.07. The Morgan fingerprint density at radius 2 is 2.31 bits per heavy atom. The zero-order valence-electron chi connectivity index (χ0n) is 8.98. The van der Waals surface area contributed by atoms with E-state index in [1.807, 2.05) is 6.92 Å². The Kier molecular flexibility index (Phi) is 4.72. The molecule has 0 saturated heterocycles. The van der Waals surface area contributed by atoms with E-state index in [0.717, 1.165) is 5.69 Å². The van der Waals surface area contributed by atoms with Gasteiger partial charge in [-0.2, -0.15) is 0 Å². The monoisotopic (exact) mass is 222 g/mol. The minimum Gasteiger partial charge on any atom is -0.390 e. The van der Waals surface area contributed by atoms with Gasteiger partial charge in [-0.25, -0.2) is 0 Å². The number of aliphatic hydroxyl groups excluding tert-OH is 2. The van der Waals surface area contributed by atoms with Crippen LogP contribution in [0, 0.1) is 6.92 Å². The molecule has 0 spiro atoms. The Morgan fingerprint density at radius 3 is 2.94 bits per heavy atom. The van der Waals surface area contributed by atoms with Crippen LogP contribution in [-0.4, -0.2) is 27.8 Å². The van der Waals surface area contributed by atoms with Crippen molar-refractivity contribution < 1.29 is 10.2 Å². The summed E-state index contributed by atoms with van der Waals surface area (Å²) in [6, 6.07) is 3.36. The molecule has 0 aliphatic rings. The van der Waals surface area contributed by atoms with Gasteiger partial charge in [0, 0.05) is 23.3 Å². The van der Waals surface area contributed by atoms with Gasteiger partial charge in [0.05, 0.1) is 6.10 Å². The van der Waals surface area contributed by atoms with E-state index in [4.69, 9.17) is 5.53 Å². The van der Waals surface area contributed by atoms with Crippen LogP contribution in [0.2, 0.25) is 0 Å². The molecule has 16 heavy (non-hydrogen) atoms. The molecular formula is C10H14N4O2. The number of aromatic nitrogens is 1. The smallest absolute Gasteiger partial charge is 0.105 e. The molecule has 2 atom stereocenters. The van der Waals surface area contributed by atoms with Crippen molar-refractivity contribution in [3.63, 3.8) is 0 Å². The van der Waals surface area contributed by atoms with Gasteiger partial charge in [0.2, 0.25) is 0 Å². The Labute approximate surface area is 93.2 Å². The molecule has 0 aromatic carbocycles. The SMILES string of the molecule is Cc1cc(C(O)C(O)CCN=[N+]=[N-])ccn1. The summed E-state index contributed by atoms with van der Waals surface area (Å²) in [4.78, 5) is 6.57. The number of azide groups is 1. The highest BCUT2D eigenvalue weighted by Crippen LogP contribution is 2.18. The minimum absolute atomic E-state index is 0.165. The van der Waals surface area contributed by atoms with Crippen LogP contribution in [0.1, 0.15) is 23.8 Å². The van der Waals surface area contributed by atoms with Crippen molar-refractivity contribution in [3.05, 3.63) is 40.0 Å². The maximum absolute atomic E-state index is 9.80. The van der Waals surface area contributed by atoms with Crippen LogP contribution >= 0.6 is 0 Å². The van der Waals surface area contributed by atoms with Crippen LogP contribution in [0.4, 0.5) is 0 Å². The molecular weight excluding hydrogens is 208 g/mol. The summed E-state index contributed by atoms with van der Waals surface area (Å²) in [6.45, 7) is 1.97. The number of aryl methyl sites for hydroxylation is 1. The first-order valence-corrected chi connectivity index (χ1v) is 4.94. The molecule has 0 saturated carbocycles. The first-order chi connectivity index (χ1) is 7.65. The largest absolute Gasteiger partial charge is 0.390 e. The lowest BCUT2D eigenvalue weighted by Crippen LogP contribution is -2.19. The summed E-state index contributed by atoms with van der Waals surface area (Å²) in [5.74, 6) is 0. The Morgan fingerprint density at radius 1 is 1.56 bits per heavy atom. The maximum atomic E-state index is 9.80. The molecule has 0 amide bonds. The van der Waals surface area contributed by atoms with Crippen molar-refractivity contribution >= 4 is 0 Å². The van der Waals surface area contributed by atoms with Crippen LogP contribution in [0.3, 0.4) is 0 Å². The topological polar surface area (TPSA) is 102 Å². The molecule has 6 nitrogen and oxygen atoms in total. The van der Waals surface area contributed by atoms with Gasteiger partial charge in [-0.1, -0.05) is 5.11 Å². The lowest BCUT2D eigenvalue weighted by atomic mass is 10.0. The van der Waals surface area contributed by atoms with Crippen molar-refractivity contribution in [2.45, 2.75) is 25.6 Å². The summed E-state index contributed by atoms with van der Waals surface area (Å²) < 4.78 is 0. The Bertz CT molecular complexity index is 390. The Balaban J connectivity index is 2.62. The van der Waals surface area contributed by atoms with Crippen molar-refractivity contribution in [3.8, 4) is 0 Å². The summed E-state index contributed by atoms with van der Waals surface area (Å²) in [5, 5.41) is 22.7. The molecule has 1 heterocycles. The summed E-state index contributed by atoms with van der Waals surface area (Å²) in [7, 11) is 0. The van der Waals surface area contributed by atoms with Crippen LogP contribution < -0.4 is 0 Å². The number of hydrogen-bond acceptors (Lipinski definition) is 4. The molecule has 86 valence electrons. The highest BCUT2D eigenvalue weighted by molar-refractivity contribution is 5.18. The number of pyridine rings is 1. The number of rotatable bonds is 5. The highest BCUT2D eigenvalue weighted by Gasteiger charge is 2.17. The van der Waals surface area contributed by atoms with Gasteiger partial charge in [-0.15, -0.1) is 0 Å². The molecule has 0 aliphatic carbocycles. The zero-order chi connectivity index (χ0) is 12.0. The van der Waals surface area contributed by atoms with Gasteiger partial charge in [0.15, 0.2) is 0 Å². The predicted molar refractivity (Wildman–Crippen MR) is 58.6 cm³/mol. The quantitative estimate of drug-likeness (QED) is 0.448. The molecule has 0 bridgehead atoms. The highest BCUT2D eigenvalue weighted by atomic mass is 16.3. The lowest BCUT2D eigenvalue weighted by molar-refractivity contribution is 0.0149.